The molecule has 0 spiro atoms. The fraction of sp³-hybridized carbons (Fsp3) is 0. The molecule has 0 atom stereocenters. The van der Waals surface area contributed by atoms with Crippen LogP contribution in [0, 0.1) is 0 Å². The summed E-state index contributed by atoms with van der Waals surface area (Å²) >= 11 is 0. The highest BCUT2D eigenvalue weighted by molar-refractivity contribution is 5.94. The zero-order valence-corrected chi connectivity index (χ0v) is 6.54. The van der Waals surface area contributed by atoms with Crippen molar-refractivity contribution in [2.45, 2.75) is 0 Å². The number of H-pyrrole nitrogens is 1. The lowest BCUT2D eigenvalue weighted by molar-refractivity contribution is -0.344. The SMILES string of the molecule is Nc1ccc2[nH+]cccc2c1N. The summed E-state index contributed by atoms with van der Waals surface area (Å²) in [4.78, 5) is 3.08. The number of nitrogens with one attached hydrogen (secondary N) is 1. The predicted octanol–water partition coefficient (Wildman–Crippen LogP) is 0.818. The van der Waals surface area contributed by atoms with Crippen LogP contribution < -0.4 is 16.5 Å². The van der Waals surface area contributed by atoms with Crippen LogP contribution >= 0.6 is 0 Å². The monoisotopic (exact) mass is 160 g/mol. The Morgan fingerprint density at radius 3 is 2.75 bits per heavy atom. The molecule has 60 valence electrons. The van der Waals surface area contributed by atoms with E-state index in [0.717, 1.165) is 10.9 Å². The Balaban J connectivity index is 2.91. The van der Waals surface area contributed by atoms with Crippen LogP contribution in [-0.4, -0.2) is 0 Å². The molecule has 5 N–H and O–H groups in total. The van der Waals surface area contributed by atoms with Gasteiger partial charge in [-0.1, -0.05) is 0 Å². The molecule has 0 aliphatic rings. The zero-order chi connectivity index (χ0) is 8.55. The topological polar surface area (TPSA) is 66.2 Å². The lowest BCUT2D eigenvalue weighted by atomic mass is 10.1. The Labute approximate surface area is 70.0 Å². The van der Waals surface area contributed by atoms with Crippen molar-refractivity contribution in [3.8, 4) is 0 Å². The molecule has 0 unspecified atom stereocenters. The summed E-state index contributed by atoms with van der Waals surface area (Å²) in [6.07, 6.45) is 1.86. The maximum Gasteiger partial charge on any atom is 0.213 e. The number of nitrogen functional groups attached to an aromatic ring is 2. The molecule has 2 rings (SSSR count). The Morgan fingerprint density at radius 2 is 1.92 bits per heavy atom. The van der Waals surface area contributed by atoms with Crippen molar-refractivity contribution < 1.29 is 4.98 Å². The maximum atomic E-state index is 5.77. The number of fused-ring (bicyclic) bond motifs is 1. The second kappa shape index (κ2) is 2.37. The van der Waals surface area contributed by atoms with Gasteiger partial charge in [0.25, 0.3) is 0 Å². The summed E-state index contributed by atoms with van der Waals surface area (Å²) in [5.74, 6) is 0. The standard InChI is InChI=1S/C9H9N3/c10-7-3-4-8-6(9(7)11)2-1-5-12-8/h1-5H,10-11H2/p+1. The Morgan fingerprint density at radius 1 is 1.08 bits per heavy atom. The number of benzene rings is 1. The number of pyridine rings is 1. The van der Waals surface area contributed by atoms with Gasteiger partial charge in [-0.25, -0.2) is 4.98 Å². The van der Waals surface area contributed by atoms with Gasteiger partial charge >= 0.3 is 0 Å². The van der Waals surface area contributed by atoms with E-state index in [0.29, 0.717) is 11.4 Å². The predicted molar refractivity (Wildman–Crippen MR) is 49.3 cm³/mol. The molecule has 0 aliphatic heterocycles. The summed E-state index contributed by atoms with van der Waals surface area (Å²) < 4.78 is 0. The minimum Gasteiger partial charge on any atom is -0.397 e. The number of aromatic nitrogens is 1. The zero-order valence-electron chi connectivity index (χ0n) is 6.54. The largest absolute Gasteiger partial charge is 0.397 e. The first-order chi connectivity index (χ1) is 5.79. The smallest absolute Gasteiger partial charge is 0.213 e. The Hall–Kier alpha value is -1.77. The molecule has 3 heteroatoms. The van der Waals surface area contributed by atoms with Crippen molar-refractivity contribution >= 4 is 22.3 Å². The molecule has 1 aromatic carbocycles. The van der Waals surface area contributed by atoms with Crippen molar-refractivity contribution in [1.82, 2.24) is 0 Å². The molecular weight excluding hydrogens is 150 g/mol. The van der Waals surface area contributed by atoms with Crippen LogP contribution in [0.3, 0.4) is 0 Å². The average Bonchev–Trinajstić information content (AvgIpc) is 2.12. The second-order valence-electron chi connectivity index (χ2n) is 2.70. The summed E-state index contributed by atoms with van der Waals surface area (Å²) in [6, 6.07) is 7.56. The molecule has 1 aromatic heterocycles. The first-order valence-electron chi connectivity index (χ1n) is 3.73. The maximum absolute atomic E-state index is 5.77. The lowest BCUT2D eigenvalue weighted by Gasteiger charge is -1.99. The van der Waals surface area contributed by atoms with Crippen molar-refractivity contribution in [2.75, 3.05) is 11.5 Å². The van der Waals surface area contributed by atoms with Gasteiger partial charge < -0.3 is 11.5 Å². The van der Waals surface area contributed by atoms with Crippen LogP contribution in [0.25, 0.3) is 10.9 Å². The van der Waals surface area contributed by atoms with E-state index in [4.69, 9.17) is 11.5 Å². The fourth-order valence-corrected chi connectivity index (χ4v) is 1.24. The number of rotatable bonds is 0. The second-order valence-corrected chi connectivity index (χ2v) is 2.70. The van der Waals surface area contributed by atoms with Gasteiger partial charge in [0.1, 0.15) is 0 Å². The average molecular weight is 160 g/mol. The molecule has 0 fully saturated rings. The van der Waals surface area contributed by atoms with E-state index in [1.165, 1.54) is 0 Å². The van der Waals surface area contributed by atoms with Crippen molar-refractivity contribution in [3.05, 3.63) is 30.5 Å². The van der Waals surface area contributed by atoms with E-state index < -0.39 is 0 Å². The lowest BCUT2D eigenvalue weighted by Crippen LogP contribution is -2.04. The van der Waals surface area contributed by atoms with Gasteiger partial charge in [-0.3, -0.25) is 0 Å². The quantitative estimate of drug-likeness (QED) is 0.560. The number of anilines is 2. The van der Waals surface area contributed by atoms with E-state index in [9.17, 15) is 0 Å². The Bertz CT molecular complexity index is 423. The van der Waals surface area contributed by atoms with Crippen LogP contribution in [0.1, 0.15) is 0 Å². The van der Waals surface area contributed by atoms with Gasteiger partial charge in [0.15, 0.2) is 6.20 Å². The van der Waals surface area contributed by atoms with Crippen molar-refractivity contribution in [1.29, 1.82) is 0 Å². The Kier molecular flexibility index (Phi) is 1.37. The highest BCUT2D eigenvalue weighted by atomic mass is 14.7. The number of hydrogen-bond acceptors (Lipinski definition) is 2. The van der Waals surface area contributed by atoms with Crippen molar-refractivity contribution in [2.24, 2.45) is 0 Å². The van der Waals surface area contributed by atoms with Crippen LogP contribution in [0.5, 0.6) is 0 Å². The highest BCUT2D eigenvalue weighted by Crippen LogP contribution is 2.22. The van der Waals surface area contributed by atoms with E-state index in [2.05, 4.69) is 4.98 Å². The van der Waals surface area contributed by atoms with Crippen LogP contribution in [-0.2, 0) is 0 Å². The molecule has 12 heavy (non-hydrogen) atoms. The fourth-order valence-electron chi connectivity index (χ4n) is 1.24. The van der Waals surface area contributed by atoms with E-state index in [-0.39, 0.29) is 0 Å². The molecule has 3 nitrogen and oxygen atoms in total. The molecule has 0 amide bonds. The molecule has 0 bridgehead atoms. The van der Waals surface area contributed by atoms with E-state index in [1.54, 1.807) is 6.07 Å². The summed E-state index contributed by atoms with van der Waals surface area (Å²) in [5.41, 5.74) is 13.7. The molecule has 2 aromatic rings. The van der Waals surface area contributed by atoms with Gasteiger partial charge in [-0.05, 0) is 12.1 Å². The highest BCUT2D eigenvalue weighted by Gasteiger charge is 2.04. The third kappa shape index (κ3) is 0.871. The molecule has 0 saturated carbocycles. The molecule has 1 heterocycles. The molecule has 0 aliphatic carbocycles. The van der Waals surface area contributed by atoms with Gasteiger partial charge in [0.05, 0.1) is 16.8 Å². The number of hydrogen-bond donors (Lipinski definition) is 2. The third-order valence-electron chi connectivity index (χ3n) is 1.92. The first kappa shape index (κ1) is 6.91. The number of aromatic amines is 1. The van der Waals surface area contributed by atoms with Gasteiger partial charge in [-0.2, -0.15) is 0 Å². The molecule has 0 saturated heterocycles. The summed E-state index contributed by atoms with van der Waals surface area (Å²) in [7, 11) is 0. The van der Waals surface area contributed by atoms with Gasteiger partial charge in [-0.15, -0.1) is 0 Å². The van der Waals surface area contributed by atoms with Crippen LogP contribution in [0.4, 0.5) is 11.4 Å². The van der Waals surface area contributed by atoms with Crippen LogP contribution in [0.2, 0.25) is 0 Å². The minimum absolute atomic E-state index is 0.627. The van der Waals surface area contributed by atoms with Gasteiger partial charge in [0, 0.05) is 12.1 Å². The van der Waals surface area contributed by atoms with Gasteiger partial charge in [0.2, 0.25) is 5.52 Å². The number of nitrogens with two attached hydrogens (primary N) is 2. The first-order valence-corrected chi connectivity index (χ1v) is 3.73. The summed E-state index contributed by atoms with van der Waals surface area (Å²) in [5, 5.41) is 0.970. The van der Waals surface area contributed by atoms with Crippen molar-refractivity contribution in [3.63, 3.8) is 0 Å². The third-order valence-corrected chi connectivity index (χ3v) is 1.92. The minimum atomic E-state index is 0.627. The van der Waals surface area contributed by atoms with Crippen LogP contribution in [0.15, 0.2) is 30.5 Å². The molecular formula is C9H10N3+. The van der Waals surface area contributed by atoms with E-state index >= 15 is 0 Å². The summed E-state index contributed by atoms with van der Waals surface area (Å²) in [6.45, 7) is 0. The molecule has 0 radical (unpaired) electrons. The van der Waals surface area contributed by atoms with E-state index in [1.807, 2.05) is 24.4 Å². The normalized spacial score (nSPS) is 10.3.